The molecule has 3 aromatic carbocycles. The number of nitrogens with one attached hydrogen (secondary N) is 2. The Hall–Kier alpha value is -3.36. The molecule has 3 aromatic rings. The fourth-order valence-corrected chi connectivity index (χ4v) is 4.48. The molecular formula is C24H26N2O5S. The average Bonchev–Trinajstić information content (AvgIpc) is 2.80. The average molecular weight is 455 g/mol. The van der Waals surface area contributed by atoms with Crippen molar-refractivity contribution in [3.63, 3.8) is 0 Å². The van der Waals surface area contributed by atoms with Crippen LogP contribution in [0.25, 0.3) is 0 Å². The van der Waals surface area contributed by atoms with Gasteiger partial charge in [-0.1, -0.05) is 42.5 Å². The van der Waals surface area contributed by atoms with E-state index in [1.807, 2.05) is 61.5 Å². The number of rotatable bonds is 10. The molecule has 1 unspecified atom stereocenters. The second-order valence-corrected chi connectivity index (χ2v) is 9.02. The Kier molecular flexibility index (Phi) is 7.50. The SMILES string of the molecule is COc1ccc(CCNS(=O)(=O)c2cc(C(=O)O)ccc2NC(C)c2ccccc2)cc1. The van der Waals surface area contributed by atoms with Crippen LogP contribution < -0.4 is 14.8 Å². The number of carboxylic acid groups (broad SMARTS) is 1. The highest BCUT2D eigenvalue weighted by Gasteiger charge is 2.22. The number of aromatic carboxylic acids is 1. The molecule has 1 atom stereocenters. The summed E-state index contributed by atoms with van der Waals surface area (Å²) in [5.41, 5.74) is 2.16. The number of carbonyl (C=O) groups is 1. The topological polar surface area (TPSA) is 105 Å². The van der Waals surface area contributed by atoms with E-state index < -0.39 is 16.0 Å². The van der Waals surface area contributed by atoms with Crippen LogP contribution in [0.2, 0.25) is 0 Å². The number of hydrogen-bond donors (Lipinski definition) is 3. The van der Waals surface area contributed by atoms with Crippen LogP contribution in [-0.2, 0) is 16.4 Å². The molecule has 0 radical (unpaired) electrons. The fourth-order valence-electron chi connectivity index (χ4n) is 3.25. The third-order valence-electron chi connectivity index (χ3n) is 5.05. The minimum atomic E-state index is -3.96. The molecule has 0 saturated heterocycles. The molecule has 3 N–H and O–H groups in total. The second-order valence-electron chi connectivity index (χ2n) is 7.29. The van der Waals surface area contributed by atoms with E-state index >= 15 is 0 Å². The molecule has 0 bridgehead atoms. The van der Waals surface area contributed by atoms with Gasteiger partial charge < -0.3 is 15.2 Å². The highest BCUT2D eigenvalue weighted by Crippen LogP contribution is 2.27. The quantitative estimate of drug-likeness (QED) is 0.426. The van der Waals surface area contributed by atoms with Gasteiger partial charge in [-0.25, -0.2) is 17.9 Å². The van der Waals surface area contributed by atoms with Crippen molar-refractivity contribution in [2.75, 3.05) is 19.0 Å². The molecule has 0 fully saturated rings. The molecular weight excluding hydrogens is 428 g/mol. The van der Waals surface area contributed by atoms with Crippen molar-refractivity contribution in [1.82, 2.24) is 4.72 Å². The Balaban J connectivity index is 1.80. The molecule has 0 aliphatic heterocycles. The largest absolute Gasteiger partial charge is 0.497 e. The molecule has 8 heteroatoms. The standard InChI is InChI=1S/C24H26N2O5S/c1-17(19-6-4-3-5-7-19)26-22-13-10-20(24(27)28)16-23(22)32(29,30)25-15-14-18-8-11-21(31-2)12-9-18/h3-13,16-17,25-26H,14-15H2,1-2H3,(H,27,28). The molecule has 168 valence electrons. The molecule has 0 aromatic heterocycles. The lowest BCUT2D eigenvalue weighted by molar-refractivity contribution is 0.0696. The molecule has 0 aliphatic rings. The van der Waals surface area contributed by atoms with E-state index in [1.54, 1.807) is 7.11 Å². The molecule has 0 saturated carbocycles. The summed E-state index contributed by atoms with van der Waals surface area (Å²) in [6.45, 7) is 2.08. The Morgan fingerprint density at radius 2 is 1.72 bits per heavy atom. The van der Waals surface area contributed by atoms with Gasteiger partial charge in [0.05, 0.1) is 18.4 Å². The predicted octanol–water partition coefficient (Wildman–Crippen LogP) is 4.09. The van der Waals surface area contributed by atoms with Gasteiger partial charge in [0.15, 0.2) is 0 Å². The van der Waals surface area contributed by atoms with E-state index in [0.717, 1.165) is 16.9 Å². The molecule has 0 spiro atoms. The van der Waals surface area contributed by atoms with Gasteiger partial charge in [-0.15, -0.1) is 0 Å². The first-order chi connectivity index (χ1) is 15.3. The van der Waals surface area contributed by atoms with Crippen LogP contribution in [0, 0.1) is 0 Å². The first-order valence-corrected chi connectivity index (χ1v) is 11.6. The maximum Gasteiger partial charge on any atom is 0.335 e. The summed E-state index contributed by atoms with van der Waals surface area (Å²) in [6.07, 6.45) is 0.477. The monoisotopic (exact) mass is 454 g/mol. The number of carboxylic acids is 1. The lowest BCUT2D eigenvalue weighted by Crippen LogP contribution is -2.27. The maximum atomic E-state index is 13.1. The fraction of sp³-hybridized carbons (Fsp3) is 0.208. The van der Waals surface area contributed by atoms with Gasteiger partial charge in [0, 0.05) is 12.6 Å². The summed E-state index contributed by atoms with van der Waals surface area (Å²) < 4.78 is 33.9. The van der Waals surface area contributed by atoms with Crippen LogP contribution >= 0.6 is 0 Å². The third-order valence-corrected chi connectivity index (χ3v) is 6.56. The van der Waals surface area contributed by atoms with Crippen molar-refractivity contribution in [2.45, 2.75) is 24.3 Å². The van der Waals surface area contributed by atoms with Gasteiger partial charge in [0.2, 0.25) is 10.0 Å². The molecule has 0 heterocycles. The lowest BCUT2D eigenvalue weighted by Gasteiger charge is -2.19. The number of hydrogen-bond acceptors (Lipinski definition) is 5. The highest BCUT2D eigenvalue weighted by molar-refractivity contribution is 7.89. The Morgan fingerprint density at radius 3 is 2.34 bits per heavy atom. The van der Waals surface area contributed by atoms with Crippen LogP contribution in [0.15, 0.2) is 77.7 Å². The van der Waals surface area contributed by atoms with Crippen LogP contribution in [-0.4, -0.2) is 33.1 Å². The number of methoxy groups -OCH3 is 1. The summed E-state index contributed by atoms with van der Waals surface area (Å²) in [4.78, 5) is 11.3. The maximum absolute atomic E-state index is 13.1. The normalized spacial score (nSPS) is 12.2. The number of anilines is 1. The lowest BCUT2D eigenvalue weighted by atomic mass is 10.1. The molecule has 0 amide bonds. The van der Waals surface area contributed by atoms with E-state index in [1.165, 1.54) is 18.2 Å². The first-order valence-electron chi connectivity index (χ1n) is 10.1. The molecule has 3 rings (SSSR count). The van der Waals surface area contributed by atoms with E-state index in [4.69, 9.17) is 4.74 Å². The summed E-state index contributed by atoms with van der Waals surface area (Å²) in [7, 11) is -2.38. The Bertz CT molecular complexity index is 1160. The van der Waals surface area contributed by atoms with Gasteiger partial charge >= 0.3 is 5.97 Å². The molecule has 7 nitrogen and oxygen atoms in total. The summed E-state index contributed by atoms with van der Waals surface area (Å²) >= 11 is 0. The Morgan fingerprint density at radius 1 is 1.03 bits per heavy atom. The predicted molar refractivity (Wildman–Crippen MR) is 124 cm³/mol. The van der Waals surface area contributed by atoms with Crippen molar-refractivity contribution in [1.29, 1.82) is 0 Å². The number of benzene rings is 3. The smallest absolute Gasteiger partial charge is 0.335 e. The van der Waals surface area contributed by atoms with Gasteiger partial charge in [-0.2, -0.15) is 0 Å². The van der Waals surface area contributed by atoms with E-state index in [0.29, 0.717) is 12.1 Å². The minimum absolute atomic E-state index is 0.0987. The van der Waals surface area contributed by atoms with Crippen molar-refractivity contribution in [2.24, 2.45) is 0 Å². The van der Waals surface area contributed by atoms with Crippen LogP contribution in [0.4, 0.5) is 5.69 Å². The van der Waals surface area contributed by atoms with Gasteiger partial charge in [-0.05, 0) is 54.8 Å². The van der Waals surface area contributed by atoms with Crippen LogP contribution in [0.3, 0.4) is 0 Å². The van der Waals surface area contributed by atoms with E-state index in [9.17, 15) is 18.3 Å². The van der Waals surface area contributed by atoms with Crippen LogP contribution in [0.1, 0.15) is 34.5 Å². The van der Waals surface area contributed by atoms with E-state index in [-0.39, 0.29) is 23.0 Å². The number of ether oxygens (including phenoxy) is 1. The zero-order valence-corrected chi connectivity index (χ0v) is 18.7. The first kappa shape index (κ1) is 23.3. The Labute approximate surface area is 188 Å². The van der Waals surface area contributed by atoms with E-state index in [2.05, 4.69) is 10.0 Å². The molecule has 0 aliphatic carbocycles. The number of sulfonamides is 1. The van der Waals surface area contributed by atoms with Gasteiger partial charge in [0.1, 0.15) is 10.6 Å². The van der Waals surface area contributed by atoms with Crippen molar-refractivity contribution in [3.8, 4) is 5.75 Å². The highest BCUT2D eigenvalue weighted by atomic mass is 32.2. The zero-order chi connectivity index (χ0) is 23.1. The summed E-state index contributed by atoms with van der Waals surface area (Å²) in [5, 5.41) is 12.5. The van der Waals surface area contributed by atoms with Crippen molar-refractivity contribution < 1.29 is 23.1 Å². The van der Waals surface area contributed by atoms with Crippen molar-refractivity contribution in [3.05, 3.63) is 89.5 Å². The summed E-state index contributed by atoms with van der Waals surface area (Å²) in [6, 6.07) is 20.8. The van der Waals surface area contributed by atoms with Gasteiger partial charge in [-0.3, -0.25) is 0 Å². The van der Waals surface area contributed by atoms with Gasteiger partial charge in [0.25, 0.3) is 0 Å². The van der Waals surface area contributed by atoms with Crippen molar-refractivity contribution >= 4 is 21.7 Å². The minimum Gasteiger partial charge on any atom is -0.497 e. The molecule has 32 heavy (non-hydrogen) atoms. The zero-order valence-electron chi connectivity index (χ0n) is 17.9. The summed E-state index contributed by atoms with van der Waals surface area (Å²) in [5.74, 6) is -0.467. The third kappa shape index (κ3) is 5.87. The van der Waals surface area contributed by atoms with Crippen LogP contribution in [0.5, 0.6) is 5.75 Å². The second kappa shape index (κ2) is 10.3.